The number of carbonyl (C=O) groups excluding carboxylic acids is 1. The summed E-state index contributed by atoms with van der Waals surface area (Å²) in [7, 11) is 0. The summed E-state index contributed by atoms with van der Waals surface area (Å²) in [6, 6.07) is 13.4. The Labute approximate surface area is 149 Å². The minimum Gasteiger partial charge on any atom is -0.391 e. The van der Waals surface area contributed by atoms with Gasteiger partial charge in [0.05, 0.1) is 11.1 Å². The van der Waals surface area contributed by atoms with E-state index in [1.807, 2.05) is 24.3 Å². The highest BCUT2D eigenvalue weighted by Gasteiger charge is 2.03. The van der Waals surface area contributed by atoms with Gasteiger partial charge in [-0.2, -0.15) is 0 Å². The lowest BCUT2D eigenvalue weighted by Gasteiger charge is -2.00. The van der Waals surface area contributed by atoms with Gasteiger partial charge in [0.2, 0.25) is 0 Å². The zero-order chi connectivity index (χ0) is 18.1. The number of hydrogen-bond acceptors (Lipinski definition) is 6. The van der Waals surface area contributed by atoms with Crippen molar-refractivity contribution in [1.82, 2.24) is 4.72 Å². The number of nitrogens with zero attached hydrogens (tertiary/aromatic N) is 2. The fourth-order valence-corrected chi connectivity index (χ4v) is 1.90. The van der Waals surface area contributed by atoms with Crippen molar-refractivity contribution < 1.29 is 14.6 Å². The number of thiol groups is 1. The van der Waals surface area contributed by atoms with E-state index in [9.17, 15) is 14.9 Å². The number of non-ortho nitro benzene ring substituents is 1. The molecule has 0 aromatic heterocycles. The van der Waals surface area contributed by atoms with Gasteiger partial charge < -0.3 is 4.84 Å². The second-order valence-electron chi connectivity index (χ2n) is 4.91. The van der Waals surface area contributed by atoms with E-state index in [0.29, 0.717) is 0 Å². The van der Waals surface area contributed by atoms with Crippen molar-refractivity contribution in [3.05, 3.63) is 81.4 Å². The molecular formula is C17H15N3O4S. The minimum absolute atomic E-state index is 0.0354. The van der Waals surface area contributed by atoms with E-state index >= 15 is 0 Å². The van der Waals surface area contributed by atoms with Gasteiger partial charge in [-0.25, -0.2) is 0 Å². The van der Waals surface area contributed by atoms with Crippen LogP contribution >= 0.6 is 12.8 Å². The summed E-state index contributed by atoms with van der Waals surface area (Å²) in [6.07, 6.45) is 4.60. The predicted molar refractivity (Wildman–Crippen MR) is 98.1 cm³/mol. The molecule has 0 heterocycles. The van der Waals surface area contributed by atoms with E-state index in [1.54, 1.807) is 24.4 Å². The van der Waals surface area contributed by atoms with Gasteiger partial charge in [-0.3, -0.25) is 19.6 Å². The summed E-state index contributed by atoms with van der Waals surface area (Å²) in [5.41, 5.74) is 2.51. The zero-order valence-electron chi connectivity index (χ0n) is 13.0. The summed E-state index contributed by atoms with van der Waals surface area (Å²) in [6.45, 7) is 0.216. The molecule has 25 heavy (non-hydrogen) atoms. The maximum atomic E-state index is 11.1. The maximum absolute atomic E-state index is 11.1. The molecular weight excluding hydrogens is 342 g/mol. The molecule has 0 aliphatic carbocycles. The van der Waals surface area contributed by atoms with Crippen LogP contribution in [0.3, 0.4) is 0 Å². The van der Waals surface area contributed by atoms with Crippen LogP contribution in [0.15, 0.2) is 59.8 Å². The first-order chi connectivity index (χ1) is 12.1. The van der Waals surface area contributed by atoms with Gasteiger partial charge in [-0.15, -0.1) is 0 Å². The highest BCUT2D eigenvalue weighted by molar-refractivity contribution is 7.78. The second kappa shape index (κ2) is 9.24. The molecule has 2 aromatic rings. The maximum Gasteiger partial charge on any atom is 0.269 e. The van der Waals surface area contributed by atoms with Gasteiger partial charge in [0, 0.05) is 18.2 Å². The van der Waals surface area contributed by atoms with Gasteiger partial charge in [-0.1, -0.05) is 42.2 Å². The van der Waals surface area contributed by atoms with Crippen molar-refractivity contribution >= 4 is 36.7 Å². The highest BCUT2D eigenvalue weighted by atomic mass is 32.1. The SMILES string of the molecule is O=C(/C=C/c1ccc(C=NOCc2ccc([N+](=O)[O-])cc2)cc1)NS. The van der Waals surface area contributed by atoms with Crippen LogP contribution in [-0.4, -0.2) is 17.0 Å². The normalized spacial score (nSPS) is 10.9. The monoisotopic (exact) mass is 357 g/mol. The molecule has 0 aliphatic heterocycles. The molecule has 0 atom stereocenters. The Bertz CT molecular complexity index is 787. The second-order valence-corrected chi connectivity index (χ2v) is 5.13. The minimum atomic E-state index is -0.452. The number of rotatable bonds is 7. The fraction of sp³-hybridized carbons (Fsp3) is 0.0588. The van der Waals surface area contributed by atoms with Crippen molar-refractivity contribution in [2.45, 2.75) is 6.61 Å². The van der Waals surface area contributed by atoms with E-state index in [0.717, 1.165) is 16.7 Å². The molecule has 0 fully saturated rings. The Hall–Kier alpha value is -3.13. The summed E-state index contributed by atoms with van der Waals surface area (Å²) in [5.74, 6) is -0.298. The lowest BCUT2D eigenvalue weighted by molar-refractivity contribution is -0.384. The van der Waals surface area contributed by atoms with Crippen molar-refractivity contribution in [2.75, 3.05) is 0 Å². The number of carbonyl (C=O) groups is 1. The van der Waals surface area contributed by atoms with Gasteiger partial charge in [0.25, 0.3) is 11.6 Å². The van der Waals surface area contributed by atoms with E-state index in [1.165, 1.54) is 18.2 Å². The first kappa shape index (κ1) is 18.2. The van der Waals surface area contributed by atoms with Crippen LogP contribution in [0.5, 0.6) is 0 Å². The number of hydrogen-bond donors (Lipinski definition) is 2. The lowest BCUT2D eigenvalue weighted by Crippen LogP contribution is -2.07. The van der Waals surface area contributed by atoms with Crippen LogP contribution in [0.1, 0.15) is 16.7 Å². The van der Waals surface area contributed by atoms with E-state index in [2.05, 4.69) is 22.7 Å². The molecule has 1 amide bonds. The number of oxime groups is 1. The van der Waals surface area contributed by atoms with E-state index in [-0.39, 0.29) is 18.2 Å². The Balaban J connectivity index is 1.84. The number of nitro groups is 1. The summed E-state index contributed by atoms with van der Waals surface area (Å²) >= 11 is 3.65. The quantitative estimate of drug-likeness (QED) is 0.262. The molecule has 0 spiro atoms. The van der Waals surface area contributed by atoms with Crippen LogP contribution in [-0.2, 0) is 16.2 Å². The summed E-state index contributed by atoms with van der Waals surface area (Å²) in [5, 5.41) is 14.4. The van der Waals surface area contributed by atoms with Crippen molar-refractivity contribution in [2.24, 2.45) is 5.16 Å². The zero-order valence-corrected chi connectivity index (χ0v) is 13.9. The van der Waals surface area contributed by atoms with Crippen LogP contribution in [0.4, 0.5) is 5.69 Å². The first-order valence-electron chi connectivity index (χ1n) is 7.19. The molecule has 7 nitrogen and oxygen atoms in total. The molecule has 0 radical (unpaired) electrons. The lowest BCUT2D eigenvalue weighted by atomic mass is 10.1. The smallest absolute Gasteiger partial charge is 0.269 e. The summed E-state index contributed by atoms with van der Waals surface area (Å²) in [4.78, 5) is 26.3. The third-order valence-electron chi connectivity index (χ3n) is 3.13. The van der Waals surface area contributed by atoms with Crippen LogP contribution in [0.2, 0.25) is 0 Å². The van der Waals surface area contributed by atoms with Crippen molar-refractivity contribution in [3.8, 4) is 0 Å². The van der Waals surface area contributed by atoms with Gasteiger partial charge in [-0.05, 0) is 34.9 Å². The topological polar surface area (TPSA) is 93.8 Å². The molecule has 1 N–H and O–H groups in total. The molecule has 0 unspecified atom stereocenters. The molecule has 0 aliphatic rings. The van der Waals surface area contributed by atoms with E-state index in [4.69, 9.17) is 4.84 Å². The fourth-order valence-electron chi connectivity index (χ4n) is 1.83. The number of nitro benzene ring substituents is 1. The van der Waals surface area contributed by atoms with Crippen LogP contribution in [0, 0.1) is 10.1 Å². The van der Waals surface area contributed by atoms with Crippen molar-refractivity contribution in [1.29, 1.82) is 0 Å². The number of benzene rings is 2. The van der Waals surface area contributed by atoms with Crippen LogP contribution in [0.25, 0.3) is 6.08 Å². The van der Waals surface area contributed by atoms with Crippen LogP contribution < -0.4 is 4.72 Å². The highest BCUT2D eigenvalue weighted by Crippen LogP contribution is 2.12. The molecule has 8 heteroatoms. The first-order valence-corrected chi connectivity index (χ1v) is 7.64. The third kappa shape index (κ3) is 6.11. The van der Waals surface area contributed by atoms with Gasteiger partial charge in [0.15, 0.2) is 0 Å². The predicted octanol–water partition coefficient (Wildman–Crippen LogP) is 3.12. The number of amides is 1. The van der Waals surface area contributed by atoms with Gasteiger partial charge in [0.1, 0.15) is 6.61 Å². The average Bonchev–Trinajstić information content (AvgIpc) is 2.64. The Morgan fingerprint density at radius 1 is 1.16 bits per heavy atom. The van der Waals surface area contributed by atoms with E-state index < -0.39 is 4.92 Å². The Morgan fingerprint density at radius 3 is 2.40 bits per heavy atom. The van der Waals surface area contributed by atoms with Crippen molar-refractivity contribution in [3.63, 3.8) is 0 Å². The Morgan fingerprint density at radius 2 is 1.80 bits per heavy atom. The standard InChI is InChI=1S/C17H15N3O4S/c21-17(19-25)10-7-13-1-3-14(4-2-13)11-18-24-12-15-5-8-16(9-6-15)20(22)23/h1-11,25H,12H2,(H,19,21)/b10-7+,18-11?. The van der Waals surface area contributed by atoms with Gasteiger partial charge >= 0.3 is 0 Å². The average molecular weight is 357 g/mol. The molecule has 0 saturated heterocycles. The molecule has 2 aromatic carbocycles. The molecule has 2 rings (SSSR count). The molecule has 0 saturated carbocycles. The third-order valence-corrected chi connectivity index (χ3v) is 3.35. The largest absolute Gasteiger partial charge is 0.391 e. The molecule has 128 valence electrons. The Kier molecular flexibility index (Phi) is 6.73. The molecule has 0 bridgehead atoms. The summed E-state index contributed by atoms with van der Waals surface area (Å²) < 4.78 is 2.20. The number of nitrogens with one attached hydrogen (secondary N) is 1.